The van der Waals surface area contributed by atoms with Crippen LogP contribution in [-0.2, 0) is 9.59 Å². The Hall–Kier alpha value is -0.940. The minimum Gasteiger partial charge on any atom is -0.386 e. The Kier molecular flexibility index (Phi) is 3.60. The molecule has 1 heterocycles. The minimum atomic E-state index is -1.05. The first-order valence-corrected chi connectivity index (χ1v) is 4.77. The number of aliphatic hydroxyl groups excluding tert-OH is 1. The molecule has 14 heavy (non-hydrogen) atoms. The molecule has 0 aromatic carbocycles. The van der Waals surface area contributed by atoms with Crippen LogP contribution in [0.4, 0.5) is 0 Å². The van der Waals surface area contributed by atoms with E-state index in [1.165, 1.54) is 6.92 Å². The van der Waals surface area contributed by atoms with Crippen LogP contribution in [0.3, 0.4) is 0 Å². The molecule has 1 aliphatic heterocycles. The summed E-state index contributed by atoms with van der Waals surface area (Å²) in [5.74, 6) is -0.615. The quantitative estimate of drug-likeness (QED) is 0.531. The number of nitrogens with one attached hydrogen (secondary N) is 1. The number of nitrogens with two attached hydrogens (primary N) is 1. The maximum Gasteiger partial charge on any atom is 0.223 e. The summed E-state index contributed by atoms with van der Waals surface area (Å²) in [7, 11) is 0. The average molecular weight is 200 g/mol. The van der Waals surface area contributed by atoms with Gasteiger partial charge < -0.3 is 16.2 Å². The Morgan fingerprint density at radius 1 is 1.79 bits per heavy atom. The van der Waals surface area contributed by atoms with Crippen LogP contribution >= 0.6 is 0 Å². The van der Waals surface area contributed by atoms with Crippen molar-refractivity contribution in [1.29, 1.82) is 0 Å². The smallest absolute Gasteiger partial charge is 0.223 e. The van der Waals surface area contributed by atoms with E-state index in [0.29, 0.717) is 13.0 Å². The van der Waals surface area contributed by atoms with Gasteiger partial charge in [-0.1, -0.05) is 0 Å². The molecule has 0 aromatic rings. The summed E-state index contributed by atoms with van der Waals surface area (Å²) < 4.78 is 0. The maximum absolute atomic E-state index is 11.2. The van der Waals surface area contributed by atoms with Crippen LogP contribution in [0, 0.1) is 5.92 Å². The fourth-order valence-corrected chi connectivity index (χ4v) is 1.60. The van der Waals surface area contributed by atoms with Crippen molar-refractivity contribution in [1.82, 2.24) is 5.32 Å². The monoisotopic (exact) mass is 200 g/mol. The first kappa shape index (κ1) is 11.1. The Balaban J connectivity index is 2.43. The van der Waals surface area contributed by atoms with E-state index in [2.05, 4.69) is 5.32 Å². The summed E-state index contributed by atoms with van der Waals surface area (Å²) in [6, 6.07) is -0.733. The van der Waals surface area contributed by atoms with Gasteiger partial charge >= 0.3 is 0 Å². The number of rotatable bonds is 4. The Labute approximate surface area is 82.7 Å². The lowest BCUT2D eigenvalue weighted by Crippen LogP contribution is -2.39. The van der Waals surface area contributed by atoms with Gasteiger partial charge in [0.2, 0.25) is 5.91 Å². The van der Waals surface area contributed by atoms with Gasteiger partial charge in [0.1, 0.15) is 6.10 Å². The lowest BCUT2D eigenvalue weighted by Gasteiger charge is -2.14. The summed E-state index contributed by atoms with van der Waals surface area (Å²) in [4.78, 5) is 22.4. The van der Waals surface area contributed by atoms with Crippen molar-refractivity contribution in [2.75, 3.05) is 6.54 Å². The highest BCUT2D eigenvalue weighted by atomic mass is 16.3. The van der Waals surface area contributed by atoms with E-state index < -0.39 is 17.9 Å². The van der Waals surface area contributed by atoms with Gasteiger partial charge in [-0.2, -0.15) is 0 Å². The number of hydrogen-bond acceptors (Lipinski definition) is 4. The molecule has 5 heteroatoms. The summed E-state index contributed by atoms with van der Waals surface area (Å²) in [5.41, 5.74) is 5.57. The molecule has 0 radical (unpaired) electrons. The zero-order valence-electron chi connectivity index (χ0n) is 8.19. The second-order valence-electron chi connectivity index (χ2n) is 3.70. The van der Waals surface area contributed by atoms with Gasteiger partial charge in [0.05, 0.1) is 6.04 Å². The van der Waals surface area contributed by atoms with Gasteiger partial charge in [-0.05, 0) is 19.8 Å². The van der Waals surface area contributed by atoms with E-state index in [-0.39, 0.29) is 11.8 Å². The Morgan fingerprint density at radius 2 is 2.43 bits per heavy atom. The third-order valence-electron chi connectivity index (χ3n) is 2.48. The minimum absolute atomic E-state index is 0.0427. The number of amides is 1. The van der Waals surface area contributed by atoms with Crippen LogP contribution < -0.4 is 11.1 Å². The first-order valence-electron chi connectivity index (χ1n) is 4.77. The van der Waals surface area contributed by atoms with Gasteiger partial charge in [0.25, 0.3) is 0 Å². The molecule has 4 N–H and O–H groups in total. The molecular weight excluding hydrogens is 184 g/mol. The molecular formula is C9H16N2O3. The molecule has 1 rings (SSSR count). The average Bonchev–Trinajstić information content (AvgIpc) is 2.50. The summed E-state index contributed by atoms with van der Waals surface area (Å²) >= 11 is 0. The highest BCUT2D eigenvalue weighted by Crippen LogP contribution is 2.15. The topological polar surface area (TPSA) is 92.4 Å². The number of aliphatic hydroxyl groups is 1. The second kappa shape index (κ2) is 4.52. The van der Waals surface area contributed by atoms with E-state index in [1.807, 2.05) is 0 Å². The molecule has 80 valence electrons. The molecule has 0 aromatic heterocycles. The summed E-state index contributed by atoms with van der Waals surface area (Å²) in [6.07, 6.45) is 0.00399. The van der Waals surface area contributed by atoms with Crippen molar-refractivity contribution in [2.45, 2.75) is 31.9 Å². The predicted octanol–water partition coefficient (Wildman–Crippen LogP) is -1.21. The molecule has 1 fully saturated rings. The van der Waals surface area contributed by atoms with Crippen LogP contribution in [0.15, 0.2) is 0 Å². The number of Topliss-reactive ketones (excluding diaryl/α,β-unsaturated/α-hetero) is 1. The van der Waals surface area contributed by atoms with Crippen molar-refractivity contribution in [3.8, 4) is 0 Å². The highest BCUT2D eigenvalue weighted by Gasteiger charge is 2.29. The molecule has 3 atom stereocenters. The van der Waals surface area contributed by atoms with Gasteiger partial charge in [-0.15, -0.1) is 0 Å². The van der Waals surface area contributed by atoms with E-state index in [0.717, 1.165) is 6.42 Å². The van der Waals surface area contributed by atoms with E-state index >= 15 is 0 Å². The molecule has 0 bridgehead atoms. The van der Waals surface area contributed by atoms with Crippen LogP contribution in [0.25, 0.3) is 0 Å². The number of carbonyl (C=O) groups is 2. The third-order valence-corrected chi connectivity index (χ3v) is 2.48. The maximum atomic E-state index is 11.2. The van der Waals surface area contributed by atoms with Crippen molar-refractivity contribution < 1.29 is 14.7 Å². The van der Waals surface area contributed by atoms with Gasteiger partial charge in [0.15, 0.2) is 5.78 Å². The van der Waals surface area contributed by atoms with Gasteiger partial charge in [-0.3, -0.25) is 9.59 Å². The molecule has 1 aliphatic rings. The fourth-order valence-electron chi connectivity index (χ4n) is 1.60. The standard InChI is InChI=1S/C9H16N2O3/c1-5(12)8(13)7(10)4-6-2-3-11-9(6)14/h5-7,12H,2-4,10H2,1H3,(H,11,14)/t5?,6-,7-/m0/s1. The number of carbonyl (C=O) groups excluding carboxylic acids is 2. The Morgan fingerprint density at radius 3 is 2.86 bits per heavy atom. The molecule has 0 saturated carbocycles. The van der Waals surface area contributed by atoms with Gasteiger partial charge in [0, 0.05) is 12.5 Å². The van der Waals surface area contributed by atoms with Gasteiger partial charge in [-0.25, -0.2) is 0 Å². The SMILES string of the molecule is CC(O)C(=O)[C@@H](N)C[C@@H]1CCNC1=O. The normalized spacial score (nSPS) is 25.6. The lowest BCUT2D eigenvalue weighted by molar-refractivity contribution is -0.128. The molecule has 0 spiro atoms. The van der Waals surface area contributed by atoms with Crippen molar-refractivity contribution in [2.24, 2.45) is 11.7 Å². The highest BCUT2D eigenvalue weighted by molar-refractivity contribution is 5.88. The number of ketones is 1. The van der Waals surface area contributed by atoms with Crippen LogP contribution in [0.1, 0.15) is 19.8 Å². The number of hydrogen-bond donors (Lipinski definition) is 3. The van der Waals surface area contributed by atoms with Crippen LogP contribution in [0.2, 0.25) is 0 Å². The van der Waals surface area contributed by atoms with Crippen LogP contribution in [-0.4, -0.2) is 35.5 Å². The zero-order chi connectivity index (χ0) is 10.7. The second-order valence-corrected chi connectivity index (χ2v) is 3.70. The van der Waals surface area contributed by atoms with E-state index in [4.69, 9.17) is 10.8 Å². The molecule has 1 saturated heterocycles. The summed E-state index contributed by atoms with van der Waals surface area (Å²) in [5, 5.41) is 11.7. The van der Waals surface area contributed by atoms with E-state index in [1.54, 1.807) is 0 Å². The molecule has 1 amide bonds. The van der Waals surface area contributed by atoms with Crippen LogP contribution in [0.5, 0.6) is 0 Å². The predicted molar refractivity (Wildman–Crippen MR) is 50.4 cm³/mol. The fraction of sp³-hybridized carbons (Fsp3) is 0.778. The summed E-state index contributed by atoms with van der Waals surface area (Å²) in [6.45, 7) is 2.04. The van der Waals surface area contributed by atoms with Crippen molar-refractivity contribution in [3.63, 3.8) is 0 Å². The molecule has 1 unspecified atom stereocenters. The van der Waals surface area contributed by atoms with E-state index in [9.17, 15) is 9.59 Å². The largest absolute Gasteiger partial charge is 0.386 e. The Bertz CT molecular complexity index is 240. The molecule has 5 nitrogen and oxygen atoms in total. The van der Waals surface area contributed by atoms with Crippen molar-refractivity contribution in [3.05, 3.63) is 0 Å². The lowest BCUT2D eigenvalue weighted by atomic mass is 9.95. The zero-order valence-corrected chi connectivity index (χ0v) is 8.19. The van der Waals surface area contributed by atoms with Crippen molar-refractivity contribution >= 4 is 11.7 Å². The first-order chi connectivity index (χ1) is 6.52. The molecule has 0 aliphatic carbocycles. The third kappa shape index (κ3) is 2.52.